The molecule has 170 valence electrons. The zero-order valence-corrected chi connectivity index (χ0v) is 17.2. The maximum atomic E-state index is 16.2. The van der Waals surface area contributed by atoms with Gasteiger partial charge >= 0.3 is 17.9 Å². The summed E-state index contributed by atoms with van der Waals surface area (Å²) in [5.74, 6) is -5.65. The topological polar surface area (TPSA) is 149 Å². The van der Waals surface area contributed by atoms with Crippen LogP contribution in [0.3, 0.4) is 0 Å². The Morgan fingerprint density at radius 2 is 1.65 bits per heavy atom. The molecule has 4 heterocycles. The number of carbonyl (C=O) groups is 3. The van der Waals surface area contributed by atoms with Gasteiger partial charge in [0.2, 0.25) is 11.9 Å². The maximum absolute atomic E-state index is 16.2. The molecule has 0 bridgehead atoms. The quantitative estimate of drug-likeness (QED) is 0.302. The Kier molecular flexibility index (Phi) is 3.14. The van der Waals surface area contributed by atoms with Gasteiger partial charge in [-0.1, -0.05) is 20.8 Å². The number of hydrogen-bond donors (Lipinski definition) is 3. The number of hydrogen-bond acceptors (Lipinski definition) is 10. The number of halogens is 1. The summed E-state index contributed by atoms with van der Waals surface area (Å²) < 4.78 is 38.1. The Morgan fingerprint density at radius 1 is 1.00 bits per heavy atom. The summed E-state index contributed by atoms with van der Waals surface area (Å²) in [4.78, 5) is 38.2. The van der Waals surface area contributed by atoms with E-state index in [0.717, 1.165) is 0 Å². The third-order valence-electron chi connectivity index (χ3n) is 8.91. The van der Waals surface area contributed by atoms with Gasteiger partial charge in [0.15, 0.2) is 17.8 Å². The smallest absolute Gasteiger partial charge is 0.343 e. The molecule has 11 heteroatoms. The van der Waals surface area contributed by atoms with E-state index in [9.17, 15) is 29.7 Å². The molecule has 4 saturated heterocycles. The van der Waals surface area contributed by atoms with E-state index < -0.39 is 94.1 Å². The van der Waals surface area contributed by atoms with Gasteiger partial charge in [0.25, 0.3) is 0 Å². The Morgan fingerprint density at radius 3 is 2.26 bits per heavy atom. The first-order valence-electron chi connectivity index (χ1n) is 10.3. The van der Waals surface area contributed by atoms with Crippen LogP contribution in [0.5, 0.6) is 0 Å². The van der Waals surface area contributed by atoms with Crippen molar-refractivity contribution in [2.75, 3.05) is 0 Å². The lowest BCUT2D eigenvalue weighted by Gasteiger charge is -2.47. The highest BCUT2D eigenvalue weighted by Gasteiger charge is 3.05. The van der Waals surface area contributed by atoms with Crippen LogP contribution in [0.2, 0.25) is 0 Å². The molecule has 0 aromatic heterocycles. The summed E-state index contributed by atoms with van der Waals surface area (Å²) in [5, 5.41) is 34.5. The van der Waals surface area contributed by atoms with Gasteiger partial charge in [-0.25, -0.2) is 14.0 Å². The van der Waals surface area contributed by atoms with E-state index in [0.29, 0.717) is 0 Å². The number of rotatable bonds is 0. The fourth-order valence-electron chi connectivity index (χ4n) is 8.19. The van der Waals surface area contributed by atoms with Gasteiger partial charge in [0.1, 0.15) is 18.4 Å². The normalized spacial score (nSPS) is 61.0. The number of fused-ring (bicyclic) bond motifs is 1. The lowest BCUT2D eigenvalue weighted by atomic mass is 9.51. The van der Waals surface area contributed by atoms with Crippen LogP contribution in [0.1, 0.15) is 27.7 Å². The SMILES string of the molecule is C[C@@H]1C(=O)O[C@H]2[C@@H](O)C34[C@H]5OC(=O)[C@@]3(O[C@@H]3OC(=O)[C@H](O)C34[C@H](C(C)(C)C)[C@H]5[18F])[C@@]12O. The second-order valence-electron chi connectivity index (χ2n) is 10.7. The number of carbonyl (C=O) groups excluding carboxylic acids is 3. The minimum absolute atomic E-state index is 0.874. The van der Waals surface area contributed by atoms with Gasteiger partial charge in [0, 0.05) is 5.92 Å². The van der Waals surface area contributed by atoms with E-state index >= 15 is 4.39 Å². The van der Waals surface area contributed by atoms with Crippen LogP contribution in [0, 0.1) is 28.1 Å². The number of alkyl halides is 1. The Labute approximate surface area is 175 Å². The summed E-state index contributed by atoms with van der Waals surface area (Å²) in [6.07, 6.45) is -10.7. The molecule has 6 fully saturated rings. The van der Waals surface area contributed by atoms with Crippen molar-refractivity contribution in [1.29, 1.82) is 0 Å². The lowest BCUT2D eigenvalue weighted by molar-refractivity contribution is -0.240. The summed E-state index contributed by atoms with van der Waals surface area (Å²) >= 11 is 0. The van der Waals surface area contributed by atoms with Crippen LogP contribution in [0.25, 0.3) is 0 Å². The molecule has 4 aliphatic heterocycles. The van der Waals surface area contributed by atoms with Crippen molar-refractivity contribution >= 4 is 17.9 Å². The molecule has 12 atom stereocenters. The molecule has 2 aliphatic carbocycles. The summed E-state index contributed by atoms with van der Waals surface area (Å²) in [6.45, 7) is 6.36. The molecule has 0 radical (unpaired) electrons. The summed E-state index contributed by atoms with van der Waals surface area (Å²) in [5.41, 5.74) is -9.91. The van der Waals surface area contributed by atoms with Crippen LogP contribution in [0.4, 0.5) is 4.39 Å². The van der Waals surface area contributed by atoms with E-state index in [1.165, 1.54) is 6.92 Å². The number of aliphatic hydroxyl groups is 3. The number of esters is 3. The minimum atomic E-state index is -2.48. The van der Waals surface area contributed by atoms with E-state index in [1.54, 1.807) is 20.8 Å². The van der Waals surface area contributed by atoms with Crippen LogP contribution >= 0.6 is 0 Å². The third-order valence-corrected chi connectivity index (χ3v) is 8.91. The van der Waals surface area contributed by atoms with Gasteiger partial charge in [0.05, 0.1) is 16.7 Å². The Bertz CT molecular complexity index is 962. The largest absolute Gasteiger partial charge is 0.456 e. The highest BCUT2D eigenvalue weighted by Crippen LogP contribution is 2.84. The maximum Gasteiger partial charge on any atom is 0.343 e. The molecular formula is C20H23FO10. The molecule has 10 nitrogen and oxygen atoms in total. The van der Waals surface area contributed by atoms with Crippen molar-refractivity contribution in [3.63, 3.8) is 0 Å². The van der Waals surface area contributed by atoms with Gasteiger partial charge in [-0.2, -0.15) is 0 Å². The minimum Gasteiger partial charge on any atom is -0.456 e. The molecule has 2 spiro atoms. The third kappa shape index (κ3) is 1.43. The predicted molar refractivity (Wildman–Crippen MR) is 92.3 cm³/mol. The van der Waals surface area contributed by atoms with Crippen molar-refractivity contribution in [3.05, 3.63) is 0 Å². The number of aliphatic hydroxyl groups excluding tert-OH is 2. The van der Waals surface area contributed by atoms with Crippen molar-refractivity contribution in [2.24, 2.45) is 28.1 Å². The standard InChI is InChI=1S/C20H23FO10/c1-5-12(24)28-11-8(22)18-10-6(21)7(16(2,3)4)17(18)9(23)13(25)30-15(17)31-20(18,14(26)29-10)19(5,11)27/h5-11,15,22-23,27H,1-4H3/t5-,6-,7+,8-,9+,10+,11+,15+,17?,18?,19-,20+/m1/s1/i21-1. The molecule has 6 rings (SSSR count). The van der Waals surface area contributed by atoms with Gasteiger partial charge in [-0.05, 0) is 12.3 Å². The van der Waals surface area contributed by atoms with Gasteiger partial charge in [-0.3, -0.25) is 4.79 Å². The zero-order chi connectivity index (χ0) is 22.7. The van der Waals surface area contributed by atoms with E-state index in [1.807, 2.05) is 0 Å². The highest BCUT2D eigenvalue weighted by atomic mass is 18.2. The molecule has 6 aliphatic rings. The summed E-state index contributed by atoms with van der Waals surface area (Å²) in [6, 6.07) is 0. The second-order valence-corrected chi connectivity index (χ2v) is 10.7. The molecule has 0 aromatic rings. The van der Waals surface area contributed by atoms with Crippen molar-refractivity contribution in [2.45, 2.75) is 75.8 Å². The van der Waals surface area contributed by atoms with Crippen molar-refractivity contribution < 1.29 is 53.0 Å². The highest BCUT2D eigenvalue weighted by molar-refractivity contribution is 5.94. The van der Waals surface area contributed by atoms with E-state index in [2.05, 4.69) is 0 Å². The first-order chi connectivity index (χ1) is 14.3. The summed E-state index contributed by atoms with van der Waals surface area (Å²) in [7, 11) is 0. The lowest BCUT2D eigenvalue weighted by Crippen LogP contribution is -2.67. The molecule has 2 unspecified atom stereocenters. The van der Waals surface area contributed by atoms with E-state index in [-0.39, 0.29) is 0 Å². The Hall–Kier alpha value is -1.82. The van der Waals surface area contributed by atoms with Crippen molar-refractivity contribution in [3.8, 4) is 0 Å². The van der Waals surface area contributed by atoms with Gasteiger partial charge < -0.3 is 34.3 Å². The average molecular weight is 441 g/mol. The molecule has 3 N–H and O–H groups in total. The van der Waals surface area contributed by atoms with Crippen LogP contribution in [-0.4, -0.2) is 81.3 Å². The van der Waals surface area contributed by atoms with Crippen LogP contribution in [-0.2, 0) is 33.3 Å². The van der Waals surface area contributed by atoms with Crippen molar-refractivity contribution in [1.82, 2.24) is 0 Å². The molecule has 0 aromatic carbocycles. The van der Waals surface area contributed by atoms with Crippen LogP contribution in [0.15, 0.2) is 0 Å². The predicted octanol–water partition coefficient (Wildman–Crippen LogP) is -1.42. The zero-order valence-electron chi connectivity index (χ0n) is 17.2. The Balaban J connectivity index is 1.75. The fourth-order valence-corrected chi connectivity index (χ4v) is 8.19. The first kappa shape index (κ1) is 19.8. The van der Waals surface area contributed by atoms with Crippen LogP contribution < -0.4 is 0 Å². The van der Waals surface area contributed by atoms with E-state index in [4.69, 9.17) is 18.9 Å². The molecular weight excluding hydrogens is 418 g/mol. The van der Waals surface area contributed by atoms with Gasteiger partial charge in [-0.15, -0.1) is 0 Å². The molecule has 0 amide bonds. The molecule has 31 heavy (non-hydrogen) atoms. The monoisotopic (exact) mass is 441 g/mol. The first-order valence-corrected chi connectivity index (χ1v) is 10.3. The molecule has 2 saturated carbocycles. The number of ether oxygens (including phenoxy) is 4. The average Bonchev–Trinajstić information content (AvgIpc) is 3.35. The fraction of sp³-hybridized carbons (Fsp3) is 0.850. The second kappa shape index (κ2) is 4.90.